The molecule has 1 saturated heterocycles. The molecular weight excluding hydrogens is 340 g/mol. The molecule has 0 aromatic carbocycles. The number of imide groups is 1. The SMILES string of the molecule is CCCN1C(=O)NC(CC(=O)NCCc2nc(C)c(Cl)s2)C1=O. The van der Waals surface area contributed by atoms with E-state index in [0.717, 1.165) is 15.6 Å². The average molecular weight is 359 g/mol. The van der Waals surface area contributed by atoms with Crippen LogP contribution in [0, 0.1) is 6.92 Å². The third-order valence-electron chi connectivity index (χ3n) is 3.39. The van der Waals surface area contributed by atoms with E-state index in [0.29, 0.717) is 30.3 Å². The van der Waals surface area contributed by atoms with Gasteiger partial charge in [-0.25, -0.2) is 9.78 Å². The Bertz CT molecular complexity index is 600. The quantitative estimate of drug-likeness (QED) is 0.722. The molecular formula is C14H19ClN4O3S. The fraction of sp³-hybridized carbons (Fsp3) is 0.571. The predicted molar refractivity (Wildman–Crippen MR) is 87.5 cm³/mol. The minimum Gasteiger partial charge on any atom is -0.356 e. The van der Waals surface area contributed by atoms with Crippen LogP contribution < -0.4 is 10.6 Å². The van der Waals surface area contributed by atoms with E-state index in [1.54, 1.807) is 0 Å². The summed E-state index contributed by atoms with van der Waals surface area (Å²) in [5.74, 6) is -0.615. The van der Waals surface area contributed by atoms with Crippen molar-refractivity contribution in [2.75, 3.05) is 13.1 Å². The molecule has 1 fully saturated rings. The van der Waals surface area contributed by atoms with Gasteiger partial charge in [-0.15, -0.1) is 11.3 Å². The molecule has 2 N–H and O–H groups in total. The lowest BCUT2D eigenvalue weighted by molar-refractivity contribution is -0.130. The molecule has 0 saturated carbocycles. The molecule has 1 atom stereocenters. The Morgan fingerprint density at radius 1 is 1.48 bits per heavy atom. The maximum absolute atomic E-state index is 12.0. The maximum atomic E-state index is 12.0. The van der Waals surface area contributed by atoms with Crippen molar-refractivity contribution in [1.29, 1.82) is 0 Å². The van der Waals surface area contributed by atoms with Crippen molar-refractivity contribution in [2.24, 2.45) is 0 Å². The first kappa shape index (κ1) is 17.7. The molecule has 4 amide bonds. The lowest BCUT2D eigenvalue weighted by Gasteiger charge is -2.11. The smallest absolute Gasteiger partial charge is 0.324 e. The number of carbonyl (C=O) groups excluding carboxylic acids is 3. The van der Waals surface area contributed by atoms with E-state index in [-0.39, 0.29) is 18.2 Å². The summed E-state index contributed by atoms with van der Waals surface area (Å²) in [7, 11) is 0. The highest BCUT2D eigenvalue weighted by molar-refractivity contribution is 7.16. The Labute approximate surface area is 143 Å². The third kappa shape index (κ3) is 4.42. The predicted octanol–water partition coefficient (Wildman–Crippen LogP) is 1.48. The Morgan fingerprint density at radius 2 is 2.22 bits per heavy atom. The van der Waals surface area contributed by atoms with Crippen molar-refractivity contribution in [1.82, 2.24) is 20.5 Å². The van der Waals surface area contributed by atoms with Gasteiger partial charge in [-0.2, -0.15) is 0 Å². The van der Waals surface area contributed by atoms with Crippen molar-refractivity contribution in [3.8, 4) is 0 Å². The minimum absolute atomic E-state index is 0.0531. The van der Waals surface area contributed by atoms with Gasteiger partial charge in [0.15, 0.2) is 0 Å². The molecule has 23 heavy (non-hydrogen) atoms. The van der Waals surface area contributed by atoms with Crippen LogP contribution in [0.1, 0.15) is 30.5 Å². The van der Waals surface area contributed by atoms with Crippen LogP contribution in [0.2, 0.25) is 4.34 Å². The molecule has 0 spiro atoms. The number of rotatable bonds is 7. The summed E-state index contributed by atoms with van der Waals surface area (Å²) in [6.07, 6.45) is 1.22. The van der Waals surface area contributed by atoms with Crippen molar-refractivity contribution in [3.05, 3.63) is 15.0 Å². The van der Waals surface area contributed by atoms with Crippen molar-refractivity contribution in [2.45, 2.75) is 39.2 Å². The van der Waals surface area contributed by atoms with E-state index in [4.69, 9.17) is 11.6 Å². The van der Waals surface area contributed by atoms with Gasteiger partial charge in [-0.3, -0.25) is 14.5 Å². The van der Waals surface area contributed by atoms with E-state index in [1.165, 1.54) is 11.3 Å². The van der Waals surface area contributed by atoms with Gasteiger partial charge in [0.05, 0.1) is 17.1 Å². The molecule has 1 aromatic rings. The summed E-state index contributed by atoms with van der Waals surface area (Å²) < 4.78 is 0.654. The van der Waals surface area contributed by atoms with Crippen molar-refractivity contribution in [3.63, 3.8) is 0 Å². The summed E-state index contributed by atoms with van der Waals surface area (Å²) in [6.45, 7) is 4.49. The Hall–Kier alpha value is -1.67. The summed E-state index contributed by atoms with van der Waals surface area (Å²) in [6, 6.07) is -1.20. The van der Waals surface area contributed by atoms with Gasteiger partial charge in [0.25, 0.3) is 5.91 Å². The molecule has 1 aliphatic heterocycles. The molecule has 7 nitrogen and oxygen atoms in total. The standard InChI is InChI=1S/C14H19ClN4O3S/c1-3-6-19-13(21)9(18-14(19)22)7-10(20)16-5-4-11-17-8(2)12(15)23-11/h9H,3-7H2,1-2H3,(H,16,20)(H,18,22). The number of urea groups is 1. The molecule has 2 heterocycles. The first-order chi connectivity index (χ1) is 10.9. The fourth-order valence-corrected chi connectivity index (χ4v) is 3.35. The third-order valence-corrected chi connectivity index (χ3v) is 4.90. The number of nitrogens with one attached hydrogen (secondary N) is 2. The number of carbonyl (C=O) groups is 3. The second-order valence-electron chi connectivity index (χ2n) is 5.26. The zero-order valence-corrected chi connectivity index (χ0v) is 14.6. The van der Waals surface area contributed by atoms with E-state index in [9.17, 15) is 14.4 Å². The van der Waals surface area contributed by atoms with Crippen LogP contribution in [-0.4, -0.2) is 46.9 Å². The van der Waals surface area contributed by atoms with E-state index >= 15 is 0 Å². The second-order valence-corrected chi connectivity index (χ2v) is 6.95. The number of thiazole rings is 1. The molecule has 1 aliphatic rings. The Balaban J connectivity index is 1.77. The number of aryl methyl sites for hydroxylation is 1. The monoisotopic (exact) mass is 358 g/mol. The normalized spacial score (nSPS) is 17.5. The minimum atomic E-state index is -0.773. The van der Waals surface area contributed by atoms with Gasteiger partial charge in [-0.1, -0.05) is 18.5 Å². The van der Waals surface area contributed by atoms with Gasteiger partial charge < -0.3 is 10.6 Å². The maximum Gasteiger partial charge on any atom is 0.324 e. The number of hydrogen-bond donors (Lipinski definition) is 2. The molecule has 1 aromatic heterocycles. The Kier molecular flexibility index (Phi) is 5.95. The summed E-state index contributed by atoms with van der Waals surface area (Å²) in [4.78, 5) is 41.0. The molecule has 0 radical (unpaired) electrons. The highest BCUT2D eigenvalue weighted by Gasteiger charge is 2.38. The van der Waals surface area contributed by atoms with E-state index in [1.807, 2.05) is 13.8 Å². The van der Waals surface area contributed by atoms with Gasteiger partial charge in [0.2, 0.25) is 5.91 Å². The number of nitrogens with zero attached hydrogens (tertiary/aromatic N) is 2. The zero-order chi connectivity index (χ0) is 17.0. The highest BCUT2D eigenvalue weighted by Crippen LogP contribution is 2.23. The van der Waals surface area contributed by atoms with E-state index in [2.05, 4.69) is 15.6 Å². The number of halogens is 1. The molecule has 0 bridgehead atoms. The number of aromatic nitrogens is 1. The molecule has 2 rings (SSSR count). The van der Waals surface area contributed by atoms with Crippen LogP contribution in [0.15, 0.2) is 0 Å². The van der Waals surface area contributed by atoms with Gasteiger partial charge >= 0.3 is 6.03 Å². The Morgan fingerprint density at radius 3 is 2.83 bits per heavy atom. The van der Waals surface area contributed by atoms with Crippen molar-refractivity contribution < 1.29 is 14.4 Å². The van der Waals surface area contributed by atoms with E-state index < -0.39 is 12.1 Å². The topological polar surface area (TPSA) is 91.4 Å². The van der Waals surface area contributed by atoms with Crippen LogP contribution >= 0.6 is 22.9 Å². The zero-order valence-electron chi connectivity index (χ0n) is 13.0. The summed E-state index contributed by atoms with van der Waals surface area (Å²) >= 11 is 7.33. The van der Waals surface area contributed by atoms with Crippen LogP contribution in [0.5, 0.6) is 0 Å². The van der Waals surface area contributed by atoms with Crippen molar-refractivity contribution >= 4 is 40.8 Å². The lowest BCUT2D eigenvalue weighted by atomic mass is 10.2. The molecule has 126 valence electrons. The highest BCUT2D eigenvalue weighted by atomic mass is 35.5. The summed E-state index contributed by atoms with van der Waals surface area (Å²) in [5.41, 5.74) is 0.785. The van der Waals surface area contributed by atoms with Crippen LogP contribution in [0.25, 0.3) is 0 Å². The first-order valence-electron chi connectivity index (χ1n) is 7.42. The average Bonchev–Trinajstić information content (AvgIpc) is 2.93. The largest absolute Gasteiger partial charge is 0.356 e. The molecule has 1 unspecified atom stereocenters. The first-order valence-corrected chi connectivity index (χ1v) is 8.62. The summed E-state index contributed by atoms with van der Waals surface area (Å²) in [5, 5.41) is 6.12. The van der Waals surface area contributed by atoms with Gasteiger partial charge in [-0.05, 0) is 13.3 Å². The number of hydrogen-bond acceptors (Lipinski definition) is 5. The van der Waals surface area contributed by atoms with Crippen LogP contribution in [0.4, 0.5) is 4.79 Å². The molecule has 0 aliphatic carbocycles. The fourth-order valence-electron chi connectivity index (χ4n) is 2.26. The van der Waals surface area contributed by atoms with Gasteiger partial charge in [0.1, 0.15) is 10.4 Å². The second kappa shape index (κ2) is 7.74. The lowest BCUT2D eigenvalue weighted by Crippen LogP contribution is -2.37. The van der Waals surface area contributed by atoms with Crippen LogP contribution in [0.3, 0.4) is 0 Å². The van der Waals surface area contributed by atoms with Crippen LogP contribution in [-0.2, 0) is 16.0 Å². The van der Waals surface area contributed by atoms with Gasteiger partial charge in [0, 0.05) is 19.5 Å². The number of amides is 4. The molecule has 9 heteroatoms.